The normalized spacial score (nSPS) is 15.1. The summed E-state index contributed by atoms with van der Waals surface area (Å²) in [6.45, 7) is 5.38. The SMILES string of the molecule is CC(C)COc1ccccc1C(=O)NC(=S)N1CCNC(=O)C1CC(=O)OCCOc1ccccc1. The van der Waals surface area contributed by atoms with Crippen LogP contribution in [0.2, 0.25) is 0 Å². The molecule has 1 saturated heterocycles. The summed E-state index contributed by atoms with van der Waals surface area (Å²) in [5.41, 5.74) is 0.330. The zero-order valence-electron chi connectivity index (χ0n) is 20.4. The Balaban J connectivity index is 1.55. The molecular formula is C26H31N3O6S. The Morgan fingerprint density at radius 1 is 1.08 bits per heavy atom. The van der Waals surface area contributed by atoms with Crippen LogP contribution in [0.4, 0.5) is 0 Å². The fourth-order valence-corrected chi connectivity index (χ4v) is 3.79. The largest absolute Gasteiger partial charge is 0.492 e. The first kappa shape index (κ1) is 26.9. The van der Waals surface area contributed by atoms with E-state index in [2.05, 4.69) is 10.6 Å². The van der Waals surface area contributed by atoms with E-state index in [1.807, 2.05) is 32.0 Å². The minimum Gasteiger partial charge on any atom is -0.492 e. The van der Waals surface area contributed by atoms with Crippen molar-refractivity contribution in [3.05, 3.63) is 60.2 Å². The van der Waals surface area contributed by atoms with Crippen molar-refractivity contribution in [3.8, 4) is 11.5 Å². The third-order valence-corrected chi connectivity index (χ3v) is 5.57. The summed E-state index contributed by atoms with van der Waals surface area (Å²) in [5, 5.41) is 5.46. The maximum atomic E-state index is 13.0. The molecule has 2 aromatic carbocycles. The van der Waals surface area contributed by atoms with Crippen LogP contribution in [0, 0.1) is 5.92 Å². The van der Waals surface area contributed by atoms with Crippen molar-refractivity contribution in [2.75, 3.05) is 32.9 Å². The number of ether oxygens (including phenoxy) is 3. The summed E-state index contributed by atoms with van der Waals surface area (Å²) in [4.78, 5) is 39.4. The minimum atomic E-state index is -0.901. The number of para-hydroxylation sites is 2. The molecule has 0 aliphatic carbocycles. The van der Waals surface area contributed by atoms with Crippen LogP contribution in [0.5, 0.6) is 11.5 Å². The van der Waals surface area contributed by atoms with Crippen LogP contribution in [0.3, 0.4) is 0 Å². The summed E-state index contributed by atoms with van der Waals surface area (Å²) in [6.07, 6.45) is -0.221. The van der Waals surface area contributed by atoms with Gasteiger partial charge in [0.2, 0.25) is 5.91 Å². The van der Waals surface area contributed by atoms with Crippen molar-refractivity contribution in [2.45, 2.75) is 26.3 Å². The van der Waals surface area contributed by atoms with Gasteiger partial charge in [-0.15, -0.1) is 0 Å². The van der Waals surface area contributed by atoms with Gasteiger partial charge in [0.05, 0.1) is 18.6 Å². The number of hydrogen-bond donors (Lipinski definition) is 2. The summed E-state index contributed by atoms with van der Waals surface area (Å²) in [6, 6.07) is 15.1. The predicted octanol–water partition coefficient (Wildman–Crippen LogP) is 2.55. The molecule has 192 valence electrons. The molecule has 9 nitrogen and oxygen atoms in total. The van der Waals surface area contributed by atoms with E-state index < -0.39 is 17.9 Å². The average molecular weight is 514 g/mol. The second-order valence-electron chi connectivity index (χ2n) is 8.55. The smallest absolute Gasteiger partial charge is 0.308 e. The van der Waals surface area contributed by atoms with Crippen molar-refractivity contribution in [1.82, 2.24) is 15.5 Å². The van der Waals surface area contributed by atoms with Gasteiger partial charge in [-0.3, -0.25) is 19.7 Å². The molecule has 3 rings (SSSR count). The average Bonchev–Trinajstić information content (AvgIpc) is 2.87. The van der Waals surface area contributed by atoms with Crippen LogP contribution in [-0.2, 0) is 14.3 Å². The minimum absolute atomic E-state index is 0.0381. The second kappa shape index (κ2) is 13.4. The number of carbonyl (C=O) groups is 3. The molecule has 2 amide bonds. The molecule has 36 heavy (non-hydrogen) atoms. The van der Waals surface area contributed by atoms with Crippen LogP contribution >= 0.6 is 12.2 Å². The topological polar surface area (TPSA) is 106 Å². The number of rotatable bonds is 10. The molecule has 1 fully saturated rings. The van der Waals surface area contributed by atoms with Crippen molar-refractivity contribution >= 4 is 35.1 Å². The van der Waals surface area contributed by atoms with Crippen molar-refractivity contribution < 1.29 is 28.6 Å². The fraction of sp³-hybridized carbons (Fsp3) is 0.385. The fourth-order valence-electron chi connectivity index (χ4n) is 3.48. The van der Waals surface area contributed by atoms with E-state index >= 15 is 0 Å². The van der Waals surface area contributed by atoms with E-state index in [1.165, 1.54) is 4.90 Å². The second-order valence-corrected chi connectivity index (χ2v) is 8.93. The maximum absolute atomic E-state index is 13.0. The molecule has 1 unspecified atom stereocenters. The lowest BCUT2D eigenvalue weighted by atomic mass is 10.1. The summed E-state index contributed by atoms with van der Waals surface area (Å²) in [7, 11) is 0. The number of hydrogen-bond acceptors (Lipinski definition) is 7. The Bertz CT molecular complexity index is 1060. The van der Waals surface area contributed by atoms with Crippen molar-refractivity contribution in [2.24, 2.45) is 5.92 Å². The zero-order chi connectivity index (χ0) is 25.9. The van der Waals surface area contributed by atoms with Crippen molar-refractivity contribution in [1.29, 1.82) is 0 Å². The quantitative estimate of drug-likeness (QED) is 0.284. The Hall–Kier alpha value is -3.66. The first-order chi connectivity index (χ1) is 17.3. The molecule has 0 aromatic heterocycles. The summed E-state index contributed by atoms with van der Waals surface area (Å²) >= 11 is 5.44. The molecule has 1 aliphatic heterocycles. The van der Waals surface area contributed by atoms with Crippen LogP contribution in [-0.4, -0.2) is 66.7 Å². The number of nitrogens with one attached hydrogen (secondary N) is 2. The molecular weight excluding hydrogens is 482 g/mol. The Kier molecular flexibility index (Phi) is 10.1. The van der Waals surface area contributed by atoms with Gasteiger partial charge in [-0.2, -0.15) is 0 Å². The summed E-state index contributed by atoms with van der Waals surface area (Å²) < 4.78 is 16.5. The van der Waals surface area contributed by atoms with Crippen LogP contribution in [0.25, 0.3) is 0 Å². The molecule has 0 saturated carbocycles. The Morgan fingerprint density at radius 3 is 2.56 bits per heavy atom. The molecule has 10 heteroatoms. The van der Waals surface area contributed by atoms with E-state index in [4.69, 9.17) is 26.4 Å². The lowest BCUT2D eigenvalue weighted by Gasteiger charge is -2.36. The van der Waals surface area contributed by atoms with Gasteiger partial charge in [0.15, 0.2) is 5.11 Å². The standard InChI is InChI=1S/C26H31N3O6S/c1-18(2)17-35-22-11-7-6-10-20(22)24(31)28-26(36)29-13-12-27-25(32)21(29)16-23(30)34-15-14-33-19-8-4-3-5-9-19/h3-11,18,21H,12-17H2,1-2H3,(H,27,32)(H,28,31,36). The highest BCUT2D eigenvalue weighted by molar-refractivity contribution is 7.80. The highest BCUT2D eigenvalue weighted by atomic mass is 32.1. The van der Waals surface area contributed by atoms with Gasteiger partial charge >= 0.3 is 5.97 Å². The van der Waals surface area contributed by atoms with Crippen molar-refractivity contribution in [3.63, 3.8) is 0 Å². The summed E-state index contributed by atoms with van der Waals surface area (Å²) in [5.74, 6) is 0.0184. The molecule has 2 N–H and O–H groups in total. The van der Waals surface area contributed by atoms with Gasteiger partial charge in [-0.25, -0.2) is 0 Å². The van der Waals surface area contributed by atoms with E-state index in [-0.39, 0.29) is 30.7 Å². The monoisotopic (exact) mass is 513 g/mol. The third kappa shape index (κ3) is 7.94. The molecule has 0 spiro atoms. The van der Waals surface area contributed by atoms with E-state index in [9.17, 15) is 14.4 Å². The Morgan fingerprint density at radius 2 is 1.81 bits per heavy atom. The van der Waals surface area contributed by atoms with E-state index in [1.54, 1.807) is 36.4 Å². The lowest BCUT2D eigenvalue weighted by molar-refractivity contribution is -0.148. The third-order valence-electron chi connectivity index (χ3n) is 5.23. The number of esters is 1. The highest BCUT2D eigenvalue weighted by Crippen LogP contribution is 2.19. The number of amides is 2. The van der Waals surface area contributed by atoms with Crippen LogP contribution in [0.15, 0.2) is 54.6 Å². The maximum Gasteiger partial charge on any atom is 0.308 e. The lowest BCUT2D eigenvalue weighted by Crippen LogP contribution is -2.60. The number of thiocarbonyl (C=S) groups is 1. The van der Waals surface area contributed by atoms with Gasteiger partial charge in [0.1, 0.15) is 30.8 Å². The van der Waals surface area contributed by atoms with Gasteiger partial charge in [-0.05, 0) is 42.4 Å². The number of nitrogens with zero attached hydrogens (tertiary/aromatic N) is 1. The molecule has 2 aromatic rings. The molecule has 1 heterocycles. The van der Waals surface area contributed by atoms with Gasteiger partial charge < -0.3 is 24.4 Å². The van der Waals surface area contributed by atoms with Crippen LogP contribution in [0.1, 0.15) is 30.6 Å². The van der Waals surface area contributed by atoms with Gasteiger partial charge in [0.25, 0.3) is 5.91 Å². The molecule has 0 radical (unpaired) electrons. The highest BCUT2D eigenvalue weighted by Gasteiger charge is 2.34. The number of piperazine rings is 1. The van der Waals surface area contributed by atoms with Gasteiger partial charge in [-0.1, -0.05) is 44.2 Å². The Labute approximate surface area is 216 Å². The first-order valence-corrected chi connectivity index (χ1v) is 12.2. The first-order valence-electron chi connectivity index (χ1n) is 11.8. The zero-order valence-corrected chi connectivity index (χ0v) is 21.2. The molecule has 1 atom stereocenters. The number of benzene rings is 2. The van der Waals surface area contributed by atoms with Gasteiger partial charge in [0, 0.05) is 13.1 Å². The van der Waals surface area contributed by atoms with Crippen LogP contribution < -0.4 is 20.1 Å². The van der Waals surface area contributed by atoms with E-state index in [0.29, 0.717) is 42.7 Å². The van der Waals surface area contributed by atoms with E-state index in [0.717, 1.165) is 0 Å². The molecule has 1 aliphatic rings. The number of carbonyl (C=O) groups excluding carboxylic acids is 3. The predicted molar refractivity (Wildman–Crippen MR) is 138 cm³/mol. The molecule has 0 bridgehead atoms.